The van der Waals surface area contributed by atoms with Crippen LogP contribution in [0.4, 0.5) is 4.39 Å². The van der Waals surface area contributed by atoms with E-state index < -0.39 is 11.8 Å². The number of hydrogen-bond donors (Lipinski definition) is 1. The Morgan fingerprint density at radius 2 is 1.80 bits per heavy atom. The maximum atomic E-state index is 14.4. The minimum absolute atomic E-state index is 0.0643. The second-order valence-electron chi connectivity index (χ2n) is 6.14. The maximum Gasteiger partial charge on any atom is 0.335 e. The summed E-state index contributed by atoms with van der Waals surface area (Å²) in [4.78, 5) is 15.6. The van der Waals surface area contributed by atoms with Crippen molar-refractivity contribution >= 4 is 5.97 Å². The van der Waals surface area contributed by atoms with Crippen LogP contribution in [0.3, 0.4) is 0 Å². The number of carbonyl (C=O) groups is 1. The van der Waals surface area contributed by atoms with Crippen molar-refractivity contribution in [3.05, 3.63) is 57.9 Å². The second-order valence-corrected chi connectivity index (χ2v) is 6.14. The van der Waals surface area contributed by atoms with Gasteiger partial charge in [0.15, 0.2) is 0 Å². The average molecular weight is 340 g/mol. The second kappa shape index (κ2) is 6.12. The van der Waals surface area contributed by atoms with E-state index in [1.165, 1.54) is 6.07 Å². The number of halogens is 1. The molecule has 0 aliphatic carbocycles. The van der Waals surface area contributed by atoms with Crippen LogP contribution in [0, 0.1) is 33.5 Å². The molecule has 5 nitrogen and oxygen atoms in total. The molecule has 0 saturated carbocycles. The van der Waals surface area contributed by atoms with E-state index in [9.17, 15) is 14.3 Å². The summed E-state index contributed by atoms with van der Waals surface area (Å²) < 4.78 is 19.6. The van der Waals surface area contributed by atoms with E-state index >= 15 is 0 Å². The minimum atomic E-state index is -1.02. The fourth-order valence-corrected chi connectivity index (χ4v) is 2.77. The monoisotopic (exact) mass is 340 g/mol. The van der Waals surface area contributed by atoms with Crippen LogP contribution < -0.4 is 0 Å². The summed E-state index contributed by atoms with van der Waals surface area (Å²) in [5.41, 5.74) is 3.79. The van der Waals surface area contributed by atoms with Crippen LogP contribution in [0.2, 0.25) is 0 Å². The lowest BCUT2D eigenvalue weighted by molar-refractivity contribution is 0.0696. The highest BCUT2D eigenvalue weighted by Gasteiger charge is 2.18. The van der Waals surface area contributed by atoms with Gasteiger partial charge >= 0.3 is 5.97 Å². The highest BCUT2D eigenvalue weighted by atomic mass is 19.1. The van der Waals surface area contributed by atoms with Crippen molar-refractivity contribution in [1.29, 1.82) is 0 Å². The van der Waals surface area contributed by atoms with Crippen LogP contribution in [0.5, 0.6) is 0 Å². The van der Waals surface area contributed by atoms with E-state index in [0.717, 1.165) is 11.1 Å². The molecule has 0 aliphatic heterocycles. The normalized spacial score (nSPS) is 10.9. The van der Waals surface area contributed by atoms with Gasteiger partial charge in [-0.05, 0) is 68.1 Å². The molecule has 1 N–H and O–H groups in total. The molecule has 0 unspecified atom stereocenters. The smallest absolute Gasteiger partial charge is 0.335 e. The van der Waals surface area contributed by atoms with Crippen LogP contribution in [0.25, 0.3) is 22.8 Å². The van der Waals surface area contributed by atoms with Gasteiger partial charge in [-0.3, -0.25) is 0 Å². The molecule has 6 heteroatoms. The number of nitrogens with zero attached hydrogens (tertiary/aromatic N) is 2. The summed E-state index contributed by atoms with van der Waals surface area (Å²) in [5.74, 6) is -1.15. The van der Waals surface area contributed by atoms with Gasteiger partial charge in [-0.1, -0.05) is 11.2 Å². The van der Waals surface area contributed by atoms with Gasteiger partial charge in [0.05, 0.1) is 11.1 Å². The first-order valence-corrected chi connectivity index (χ1v) is 7.73. The first-order valence-electron chi connectivity index (χ1n) is 7.73. The van der Waals surface area contributed by atoms with Gasteiger partial charge in [0.2, 0.25) is 5.82 Å². The standard InChI is InChI=1S/C19H17FN2O3/c1-9-5-11(3)16(20)15(6-9)18-21-17(22-25-18)13-7-10(2)12(4)14(8-13)19(23)24/h5-8H,1-4H3,(H,23,24). The number of rotatable bonds is 3. The molecule has 0 saturated heterocycles. The first kappa shape index (κ1) is 16.8. The van der Waals surface area contributed by atoms with Gasteiger partial charge in [-0.15, -0.1) is 0 Å². The highest BCUT2D eigenvalue weighted by Crippen LogP contribution is 2.29. The number of aromatic nitrogens is 2. The molecule has 0 fully saturated rings. The van der Waals surface area contributed by atoms with E-state index in [4.69, 9.17) is 4.52 Å². The van der Waals surface area contributed by atoms with E-state index in [1.54, 1.807) is 32.0 Å². The van der Waals surface area contributed by atoms with Gasteiger partial charge in [0, 0.05) is 5.56 Å². The van der Waals surface area contributed by atoms with Gasteiger partial charge in [-0.25, -0.2) is 9.18 Å². The maximum absolute atomic E-state index is 14.4. The molecule has 3 rings (SSSR count). The molecule has 3 aromatic rings. The Kier molecular flexibility index (Phi) is 4.12. The van der Waals surface area contributed by atoms with Crippen molar-refractivity contribution in [2.24, 2.45) is 0 Å². The summed E-state index contributed by atoms with van der Waals surface area (Å²) in [6, 6.07) is 6.66. The van der Waals surface area contributed by atoms with Crippen LogP contribution in [0.1, 0.15) is 32.6 Å². The molecule has 0 bridgehead atoms. The summed E-state index contributed by atoms with van der Waals surface area (Å²) in [6.45, 7) is 7.09. The zero-order valence-corrected chi connectivity index (χ0v) is 14.3. The molecule has 0 atom stereocenters. The quantitative estimate of drug-likeness (QED) is 0.761. The minimum Gasteiger partial charge on any atom is -0.478 e. The Morgan fingerprint density at radius 1 is 1.08 bits per heavy atom. The zero-order chi connectivity index (χ0) is 18.3. The first-order chi connectivity index (χ1) is 11.8. The zero-order valence-electron chi connectivity index (χ0n) is 14.3. The number of aryl methyl sites for hydroxylation is 3. The SMILES string of the molecule is Cc1cc(C)c(F)c(-c2nc(-c3cc(C)c(C)c(C(=O)O)c3)no2)c1. The van der Waals surface area contributed by atoms with Crippen LogP contribution in [0.15, 0.2) is 28.8 Å². The molecule has 0 aliphatic rings. The number of carboxylic acids is 1. The number of carboxylic acid groups (broad SMARTS) is 1. The Labute approximate surface area is 144 Å². The average Bonchev–Trinajstić information content (AvgIpc) is 3.02. The Balaban J connectivity index is 2.10. The molecule has 2 aromatic carbocycles. The summed E-state index contributed by atoms with van der Waals surface area (Å²) in [7, 11) is 0. The fourth-order valence-electron chi connectivity index (χ4n) is 2.77. The largest absolute Gasteiger partial charge is 0.478 e. The number of aromatic carboxylic acids is 1. The summed E-state index contributed by atoms with van der Waals surface area (Å²) in [6.07, 6.45) is 0. The molecular formula is C19H17FN2O3. The molecule has 25 heavy (non-hydrogen) atoms. The van der Waals surface area contributed by atoms with Gasteiger partial charge in [-0.2, -0.15) is 4.98 Å². The van der Waals surface area contributed by atoms with Crippen molar-refractivity contribution in [2.75, 3.05) is 0 Å². The van der Waals surface area contributed by atoms with Crippen molar-refractivity contribution in [3.8, 4) is 22.8 Å². The lowest BCUT2D eigenvalue weighted by atomic mass is 9.99. The Bertz CT molecular complexity index is 993. The lowest BCUT2D eigenvalue weighted by Crippen LogP contribution is -2.02. The van der Waals surface area contributed by atoms with Crippen LogP contribution in [-0.4, -0.2) is 21.2 Å². The predicted molar refractivity (Wildman–Crippen MR) is 91.0 cm³/mol. The van der Waals surface area contributed by atoms with E-state index in [0.29, 0.717) is 16.7 Å². The molecular weight excluding hydrogens is 323 g/mol. The predicted octanol–water partition coefficient (Wildman–Crippen LogP) is 4.47. The highest BCUT2D eigenvalue weighted by molar-refractivity contribution is 5.91. The van der Waals surface area contributed by atoms with Gasteiger partial charge < -0.3 is 9.63 Å². The van der Waals surface area contributed by atoms with Crippen LogP contribution in [-0.2, 0) is 0 Å². The van der Waals surface area contributed by atoms with Crippen molar-refractivity contribution in [1.82, 2.24) is 10.1 Å². The van der Waals surface area contributed by atoms with E-state index in [-0.39, 0.29) is 22.8 Å². The number of benzene rings is 2. The summed E-state index contributed by atoms with van der Waals surface area (Å²) >= 11 is 0. The third-order valence-corrected chi connectivity index (χ3v) is 4.21. The number of hydrogen-bond acceptors (Lipinski definition) is 4. The lowest BCUT2D eigenvalue weighted by Gasteiger charge is -2.06. The third kappa shape index (κ3) is 3.03. The molecule has 0 amide bonds. The van der Waals surface area contributed by atoms with E-state index in [2.05, 4.69) is 10.1 Å². The van der Waals surface area contributed by atoms with E-state index in [1.807, 2.05) is 13.8 Å². The Morgan fingerprint density at radius 3 is 2.48 bits per heavy atom. The molecule has 128 valence electrons. The van der Waals surface area contributed by atoms with Crippen LogP contribution >= 0.6 is 0 Å². The molecule has 0 radical (unpaired) electrons. The van der Waals surface area contributed by atoms with Gasteiger partial charge in [0.25, 0.3) is 5.89 Å². The third-order valence-electron chi connectivity index (χ3n) is 4.21. The molecule has 0 spiro atoms. The summed E-state index contributed by atoms with van der Waals surface area (Å²) in [5, 5.41) is 13.2. The van der Waals surface area contributed by atoms with Gasteiger partial charge in [0.1, 0.15) is 5.82 Å². The molecule has 1 heterocycles. The fraction of sp³-hybridized carbons (Fsp3) is 0.211. The molecule has 1 aromatic heterocycles. The van der Waals surface area contributed by atoms with Crippen molar-refractivity contribution in [3.63, 3.8) is 0 Å². The Hall–Kier alpha value is -3.02. The van der Waals surface area contributed by atoms with Crippen molar-refractivity contribution in [2.45, 2.75) is 27.7 Å². The van der Waals surface area contributed by atoms with Crippen molar-refractivity contribution < 1.29 is 18.8 Å². The topological polar surface area (TPSA) is 76.2 Å².